The van der Waals surface area contributed by atoms with Crippen molar-refractivity contribution in [3.63, 3.8) is 0 Å². The molecule has 0 bridgehead atoms. The number of methoxy groups -OCH3 is 1. The van der Waals surface area contributed by atoms with Crippen molar-refractivity contribution in [2.75, 3.05) is 66.0 Å². The third-order valence-corrected chi connectivity index (χ3v) is 6.40. The SMILES string of the molecule is COC(=O)CCNC(=O)C1CCN(C(=O)N2CCN(C3CCNCC3)CC2)CC1.Cl.Cl. The zero-order valence-corrected chi connectivity index (χ0v) is 20.0. The van der Waals surface area contributed by atoms with Crippen LogP contribution in [-0.4, -0.2) is 105 Å². The van der Waals surface area contributed by atoms with E-state index in [9.17, 15) is 14.4 Å². The van der Waals surface area contributed by atoms with Crippen molar-refractivity contribution in [2.24, 2.45) is 5.92 Å². The predicted octanol–water partition coefficient (Wildman–Crippen LogP) is 0.711. The molecule has 0 atom stereocenters. The average molecular weight is 482 g/mol. The molecule has 0 aromatic carbocycles. The van der Waals surface area contributed by atoms with Gasteiger partial charge in [0.05, 0.1) is 13.5 Å². The Hall–Kier alpha value is -1.29. The smallest absolute Gasteiger partial charge is 0.320 e. The quantitative estimate of drug-likeness (QED) is 0.561. The maximum atomic E-state index is 12.9. The monoisotopic (exact) mass is 481 g/mol. The topological polar surface area (TPSA) is 94.2 Å². The fourth-order valence-corrected chi connectivity index (χ4v) is 4.52. The average Bonchev–Trinajstić information content (AvgIpc) is 2.79. The summed E-state index contributed by atoms with van der Waals surface area (Å²) in [6.45, 7) is 7.19. The lowest BCUT2D eigenvalue weighted by Crippen LogP contribution is -2.57. The number of esters is 1. The van der Waals surface area contributed by atoms with Gasteiger partial charge in [0.2, 0.25) is 5.91 Å². The van der Waals surface area contributed by atoms with Crippen LogP contribution in [0.1, 0.15) is 32.1 Å². The summed E-state index contributed by atoms with van der Waals surface area (Å²) in [5.74, 6) is -0.448. The van der Waals surface area contributed by atoms with Crippen LogP contribution in [0.5, 0.6) is 0 Å². The lowest BCUT2D eigenvalue weighted by atomic mass is 9.96. The molecule has 3 heterocycles. The number of ether oxygens (including phenoxy) is 1. The van der Waals surface area contributed by atoms with Crippen LogP contribution in [0.15, 0.2) is 0 Å². The van der Waals surface area contributed by atoms with Crippen LogP contribution >= 0.6 is 24.8 Å². The number of halogens is 2. The maximum Gasteiger partial charge on any atom is 0.320 e. The van der Waals surface area contributed by atoms with Gasteiger partial charge < -0.3 is 25.2 Å². The number of carbonyl (C=O) groups is 3. The van der Waals surface area contributed by atoms with E-state index in [1.165, 1.54) is 20.0 Å². The number of piperazine rings is 1. The van der Waals surface area contributed by atoms with E-state index in [-0.39, 0.29) is 55.1 Å². The molecule has 31 heavy (non-hydrogen) atoms. The van der Waals surface area contributed by atoms with Crippen LogP contribution in [0.2, 0.25) is 0 Å². The molecule has 11 heteroatoms. The first-order chi connectivity index (χ1) is 14.1. The fraction of sp³-hybridized carbons (Fsp3) is 0.850. The van der Waals surface area contributed by atoms with Crippen molar-refractivity contribution in [2.45, 2.75) is 38.1 Å². The highest BCUT2D eigenvalue weighted by atomic mass is 35.5. The molecule has 3 aliphatic heterocycles. The Morgan fingerprint density at radius 2 is 1.48 bits per heavy atom. The first-order valence-corrected chi connectivity index (χ1v) is 10.9. The van der Waals surface area contributed by atoms with Gasteiger partial charge in [0, 0.05) is 57.8 Å². The van der Waals surface area contributed by atoms with Crippen LogP contribution in [0.3, 0.4) is 0 Å². The molecular formula is C20H37Cl2N5O4. The third-order valence-electron chi connectivity index (χ3n) is 6.40. The summed E-state index contributed by atoms with van der Waals surface area (Å²) < 4.78 is 4.57. The van der Waals surface area contributed by atoms with E-state index in [1.54, 1.807) is 0 Å². The second-order valence-electron chi connectivity index (χ2n) is 8.17. The lowest BCUT2D eigenvalue weighted by molar-refractivity contribution is -0.140. The first-order valence-electron chi connectivity index (χ1n) is 10.9. The fourth-order valence-electron chi connectivity index (χ4n) is 4.52. The molecule has 3 amide bonds. The van der Waals surface area contributed by atoms with Crippen molar-refractivity contribution in [1.29, 1.82) is 0 Å². The molecule has 2 N–H and O–H groups in total. The second-order valence-corrected chi connectivity index (χ2v) is 8.17. The highest BCUT2D eigenvalue weighted by Crippen LogP contribution is 2.20. The molecule has 3 aliphatic rings. The van der Waals surface area contributed by atoms with E-state index < -0.39 is 0 Å². The van der Waals surface area contributed by atoms with E-state index in [0.29, 0.717) is 38.5 Å². The van der Waals surface area contributed by atoms with E-state index in [0.717, 1.165) is 39.3 Å². The summed E-state index contributed by atoms with van der Waals surface area (Å²) in [5, 5.41) is 6.20. The molecule has 3 fully saturated rings. The number of likely N-dealkylation sites (tertiary alicyclic amines) is 1. The minimum atomic E-state index is -0.328. The number of urea groups is 1. The molecule has 0 spiro atoms. The highest BCUT2D eigenvalue weighted by molar-refractivity contribution is 5.85. The third kappa shape index (κ3) is 7.97. The molecular weight excluding hydrogens is 445 g/mol. The van der Waals surface area contributed by atoms with Crippen LogP contribution in [0.4, 0.5) is 4.79 Å². The van der Waals surface area contributed by atoms with Gasteiger partial charge in [-0.2, -0.15) is 0 Å². The number of hydrogen-bond donors (Lipinski definition) is 2. The van der Waals surface area contributed by atoms with Gasteiger partial charge in [0.15, 0.2) is 0 Å². The second kappa shape index (κ2) is 14.0. The normalized spacial score (nSPS) is 20.9. The molecule has 0 aromatic rings. The van der Waals surface area contributed by atoms with Crippen molar-refractivity contribution < 1.29 is 19.1 Å². The van der Waals surface area contributed by atoms with Gasteiger partial charge in [-0.15, -0.1) is 24.8 Å². The van der Waals surface area contributed by atoms with Crippen LogP contribution in [-0.2, 0) is 14.3 Å². The Balaban J connectivity index is 0.00000240. The number of nitrogens with zero attached hydrogens (tertiary/aromatic N) is 3. The van der Waals surface area contributed by atoms with Gasteiger partial charge >= 0.3 is 12.0 Å². The first kappa shape index (κ1) is 27.7. The Morgan fingerprint density at radius 1 is 0.903 bits per heavy atom. The lowest BCUT2D eigenvalue weighted by Gasteiger charge is -2.42. The van der Waals surface area contributed by atoms with Gasteiger partial charge in [-0.3, -0.25) is 14.5 Å². The minimum absolute atomic E-state index is 0. The number of rotatable bonds is 5. The number of nitrogens with one attached hydrogen (secondary N) is 2. The summed E-state index contributed by atoms with van der Waals surface area (Å²) in [6, 6.07) is 0.765. The molecule has 180 valence electrons. The van der Waals surface area contributed by atoms with Crippen molar-refractivity contribution in [1.82, 2.24) is 25.3 Å². The maximum absolute atomic E-state index is 12.9. The largest absolute Gasteiger partial charge is 0.469 e. The Bertz CT molecular complexity index is 576. The molecule has 3 saturated heterocycles. The number of carbonyl (C=O) groups excluding carboxylic acids is 3. The molecule has 0 saturated carbocycles. The van der Waals surface area contributed by atoms with E-state index in [1.807, 2.05) is 9.80 Å². The molecule has 3 rings (SSSR count). The summed E-state index contributed by atoms with van der Waals surface area (Å²) in [6.07, 6.45) is 3.92. The Morgan fingerprint density at radius 3 is 2.06 bits per heavy atom. The van der Waals surface area contributed by atoms with Crippen molar-refractivity contribution >= 4 is 42.7 Å². The zero-order chi connectivity index (χ0) is 20.6. The van der Waals surface area contributed by atoms with Crippen LogP contribution in [0, 0.1) is 5.92 Å². The molecule has 0 radical (unpaired) electrons. The molecule has 9 nitrogen and oxygen atoms in total. The van der Waals surface area contributed by atoms with Gasteiger partial charge in [0.25, 0.3) is 0 Å². The van der Waals surface area contributed by atoms with E-state index in [4.69, 9.17) is 0 Å². The number of amides is 3. The van der Waals surface area contributed by atoms with Crippen molar-refractivity contribution in [3.8, 4) is 0 Å². The van der Waals surface area contributed by atoms with Crippen LogP contribution in [0.25, 0.3) is 0 Å². The van der Waals surface area contributed by atoms with Gasteiger partial charge in [0.1, 0.15) is 0 Å². The van der Waals surface area contributed by atoms with Gasteiger partial charge in [-0.25, -0.2) is 4.79 Å². The summed E-state index contributed by atoms with van der Waals surface area (Å²) in [4.78, 5) is 42.6. The summed E-state index contributed by atoms with van der Waals surface area (Å²) >= 11 is 0. The van der Waals surface area contributed by atoms with Crippen LogP contribution < -0.4 is 10.6 Å². The molecule has 0 aromatic heterocycles. The molecule has 0 unspecified atom stereocenters. The van der Waals surface area contributed by atoms with Gasteiger partial charge in [-0.1, -0.05) is 0 Å². The van der Waals surface area contributed by atoms with Crippen molar-refractivity contribution in [3.05, 3.63) is 0 Å². The predicted molar refractivity (Wildman–Crippen MR) is 123 cm³/mol. The number of hydrogen-bond acceptors (Lipinski definition) is 6. The summed E-state index contributed by atoms with van der Waals surface area (Å²) in [7, 11) is 1.34. The standard InChI is InChI=1S/C20H35N5O4.2ClH/c1-29-18(26)4-9-22-19(27)16-5-10-24(11-6-16)20(28)25-14-12-23(13-15-25)17-2-7-21-8-3-17;;/h16-17,21H,2-15H2,1H3,(H,22,27);2*1H. The van der Waals surface area contributed by atoms with E-state index >= 15 is 0 Å². The number of piperidine rings is 2. The Kier molecular flexibility index (Phi) is 12.5. The highest BCUT2D eigenvalue weighted by Gasteiger charge is 2.32. The summed E-state index contributed by atoms with van der Waals surface area (Å²) in [5.41, 5.74) is 0. The zero-order valence-electron chi connectivity index (χ0n) is 18.3. The van der Waals surface area contributed by atoms with Gasteiger partial charge in [-0.05, 0) is 38.8 Å². The van der Waals surface area contributed by atoms with E-state index in [2.05, 4.69) is 20.3 Å². The molecule has 0 aliphatic carbocycles. The Labute approximate surface area is 197 Å². The minimum Gasteiger partial charge on any atom is -0.469 e.